The molecule has 0 spiro atoms. The molecule has 3 aromatic rings. The highest BCUT2D eigenvalue weighted by atomic mass is 35.5. The van der Waals surface area contributed by atoms with Crippen molar-refractivity contribution in [2.45, 2.75) is 12.5 Å². The number of carbonyl (C=O) groups is 1. The summed E-state index contributed by atoms with van der Waals surface area (Å²) in [5.74, 6) is 0.431. The maximum atomic E-state index is 13.6. The molecule has 172 valence electrons. The van der Waals surface area contributed by atoms with Crippen LogP contribution in [0.3, 0.4) is 0 Å². The third kappa shape index (κ3) is 4.01. The normalized spacial score (nSPS) is 18.7. The minimum Gasteiger partial charge on any atom is -0.496 e. The zero-order chi connectivity index (χ0) is 22.9. The molecule has 0 N–H and O–H groups in total. The summed E-state index contributed by atoms with van der Waals surface area (Å²) in [5, 5.41) is 0.805. The zero-order valence-corrected chi connectivity index (χ0v) is 19.1. The largest absolute Gasteiger partial charge is 0.496 e. The molecule has 2 aliphatic rings. The molecule has 1 saturated heterocycles. The number of hydrogen-bond acceptors (Lipinski definition) is 6. The highest BCUT2D eigenvalue weighted by Crippen LogP contribution is 2.41. The Hall–Kier alpha value is -2.87. The van der Waals surface area contributed by atoms with Gasteiger partial charge in [0.15, 0.2) is 5.43 Å². The average molecular weight is 469 g/mol. The maximum absolute atomic E-state index is 13.6. The van der Waals surface area contributed by atoms with Crippen molar-refractivity contribution in [3.8, 4) is 5.75 Å². The minimum absolute atomic E-state index is 0.0945. The van der Waals surface area contributed by atoms with E-state index in [9.17, 15) is 9.59 Å². The van der Waals surface area contributed by atoms with Gasteiger partial charge in [-0.05, 0) is 30.7 Å². The molecule has 1 amide bonds. The summed E-state index contributed by atoms with van der Waals surface area (Å²) >= 11 is 6.15. The molecule has 5 rings (SSSR count). The molecule has 1 fully saturated rings. The Bertz CT molecular complexity index is 1250. The molecular weight excluding hydrogens is 444 g/mol. The van der Waals surface area contributed by atoms with Gasteiger partial charge in [0.25, 0.3) is 5.91 Å². The van der Waals surface area contributed by atoms with Crippen LogP contribution in [0.1, 0.15) is 34.1 Å². The fourth-order valence-corrected chi connectivity index (χ4v) is 4.90. The van der Waals surface area contributed by atoms with E-state index < -0.39 is 6.04 Å². The first-order chi connectivity index (χ1) is 16.1. The predicted molar refractivity (Wildman–Crippen MR) is 125 cm³/mol. The molecule has 7 nitrogen and oxygen atoms in total. The van der Waals surface area contributed by atoms with Gasteiger partial charge in [0, 0.05) is 36.8 Å². The van der Waals surface area contributed by atoms with E-state index in [1.54, 1.807) is 30.2 Å². The Kier molecular flexibility index (Phi) is 6.10. The van der Waals surface area contributed by atoms with Gasteiger partial charge in [0.1, 0.15) is 11.3 Å². The van der Waals surface area contributed by atoms with E-state index in [0.29, 0.717) is 33.8 Å². The van der Waals surface area contributed by atoms with Crippen LogP contribution < -0.4 is 10.2 Å². The van der Waals surface area contributed by atoms with E-state index in [0.717, 1.165) is 44.8 Å². The number of hydrogen-bond donors (Lipinski definition) is 0. The Labute approximate surface area is 196 Å². The molecule has 2 aromatic carbocycles. The standard InChI is InChI=1S/C25H25ClN2O5/c1-31-19-6-3-2-5-17(19)22-21-23(29)18-15-16(26)7-8-20(18)33-24(21)25(30)28(22)10-4-9-27-11-13-32-14-12-27/h2-3,5-8,15,22H,4,9-14H2,1H3/t22-/m1/s1. The van der Waals surface area contributed by atoms with Crippen LogP contribution in [0.15, 0.2) is 51.7 Å². The lowest BCUT2D eigenvalue weighted by Gasteiger charge is -2.29. The first-order valence-electron chi connectivity index (χ1n) is 11.1. The Morgan fingerprint density at radius 1 is 1.09 bits per heavy atom. The molecule has 0 bridgehead atoms. The SMILES string of the molecule is COc1ccccc1[C@@H]1c2c(oc3ccc(Cl)cc3c2=O)C(=O)N1CCCN1CCOCC1. The molecule has 3 heterocycles. The minimum atomic E-state index is -0.590. The van der Waals surface area contributed by atoms with E-state index in [2.05, 4.69) is 4.90 Å². The molecular formula is C25H25ClN2O5. The molecule has 0 saturated carbocycles. The van der Waals surface area contributed by atoms with Crippen molar-refractivity contribution in [1.29, 1.82) is 0 Å². The van der Waals surface area contributed by atoms with Gasteiger partial charge in [-0.2, -0.15) is 0 Å². The monoisotopic (exact) mass is 468 g/mol. The van der Waals surface area contributed by atoms with Gasteiger partial charge in [-0.25, -0.2) is 0 Å². The lowest BCUT2D eigenvalue weighted by molar-refractivity contribution is 0.0353. The predicted octanol–water partition coefficient (Wildman–Crippen LogP) is 3.72. The lowest BCUT2D eigenvalue weighted by Crippen LogP contribution is -2.38. The number of methoxy groups -OCH3 is 1. The summed E-state index contributed by atoms with van der Waals surface area (Å²) in [6.45, 7) is 4.56. The van der Waals surface area contributed by atoms with Crippen molar-refractivity contribution < 1.29 is 18.7 Å². The molecule has 0 radical (unpaired) electrons. The van der Waals surface area contributed by atoms with Crippen molar-refractivity contribution >= 4 is 28.5 Å². The van der Waals surface area contributed by atoms with Crippen LogP contribution in [-0.2, 0) is 4.74 Å². The van der Waals surface area contributed by atoms with Crippen LogP contribution in [0.4, 0.5) is 0 Å². The third-order valence-electron chi connectivity index (χ3n) is 6.34. The highest BCUT2D eigenvalue weighted by Gasteiger charge is 2.43. The number of rotatable bonds is 6. The zero-order valence-electron chi connectivity index (χ0n) is 18.4. The summed E-state index contributed by atoms with van der Waals surface area (Å²) in [6, 6.07) is 11.8. The Morgan fingerprint density at radius 2 is 1.88 bits per heavy atom. The van der Waals surface area contributed by atoms with E-state index in [-0.39, 0.29) is 17.1 Å². The van der Waals surface area contributed by atoms with E-state index in [4.69, 9.17) is 25.5 Å². The third-order valence-corrected chi connectivity index (χ3v) is 6.57. The number of carbonyl (C=O) groups excluding carboxylic acids is 1. The summed E-state index contributed by atoms with van der Waals surface area (Å²) in [4.78, 5) is 31.2. The van der Waals surface area contributed by atoms with Gasteiger partial charge in [-0.3, -0.25) is 14.5 Å². The van der Waals surface area contributed by atoms with Crippen LogP contribution in [0, 0.1) is 0 Å². The smallest absolute Gasteiger partial charge is 0.290 e. The second-order valence-electron chi connectivity index (χ2n) is 8.27. The summed E-state index contributed by atoms with van der Waals surface area (Å²) in [6.07, 6.45) is 0.769. The first-order valence-corrected chi connectivity index (χ1v) is 11.5. The fraction of sp³-hybridized carbons (Fsp3) is 0.360. The van der Waals surface area contributed by atoms with Gasteiger partial charge in [-0.15, -0.1) is 0 Å². The van der Waals surface area contributed by atoms with E-state index in [1.807, 2.05) is 24.3 Å². The van der Waals surface area contributed by atoms with Gasteiger partial charge < -0.3 is 18.8 Å². The Balaban J connectivity index is 1.57. The first kappa shape index (κ1) is 21.9. The van der Waals surface area contributed by atoms with Crippen LogP contribution in [0.25, 0.3) is 11.0 Å². The number of fused-ring (bicyclic) bond motifs is 2. The molecule has 8 heteroatoms. The molecule has 33 heavy (non-hydrogen) atoms. The number of morpholine rings is 1. The molecule has 2 aliphatic heterocycles. The summed E-state index contributed by atoms with van der Waals surface area (Å²) in [5.41, 5.74) is 1.21. The quantitative estimate of drug-likeness (QED) is 0.549. The topological polar surface area (TPSA) is 72.2 Å². The van der Waals surface area contributed by atoms with Gasteiger partial charge in [-0.1, -0.05) is 29.8 Å². The Morgan fingerprint density at radius 3 is 2.67 bits per heavy atom. The van der Waals surface area contributed by atoms with Gasteiger partial charge in [0.2, 0.25) is 5.76 Å². The number of para-hydroxylation sites is 1. The number of halogens is 1. The van der Waals surface area contributed by atoms with E-state index >= 15 is 0 Å². The number of benzene rings is 2. The second kappa shape index (κ2) is 9.17. The van der Waals surface area contributed by atoms with Crippen molar-refractivity contribution in [2.24, 2.45) is 0 Å². The molecule has 0 unspecified atom stereocenters. The summed E-state index contributed by atoms with van der Waals surface area (Å²) in [7, 11) is 1.59. The van der Waals surface area contributed by atoms with Crippen LogP contribution in [0.5, 0.6) is 5.75 Å². The van der Waals surface area contributed by atoms with Gasteiger partial charge >= 0.3 is 0 Å². The lowest BCUT2D eigenvalue weighted by atomic mass is 9.97. The van der Waals surface area contributed by atoms with Crippen molar-refractivity contribution in [3.05, 3.63) is 74.6 Å². The second-order valence-corrected chi connectivity index (χ2v) is 8.70. The molecule has 1 aromatic heterocycles. The van der Waals surface area contributed by atoms with Crippen LogP contribution in [-0.4, -0.2) is 62.2 Å². The highest BCUT2D eigenvalue weighted by molar-refractivity contribution is 6.31. The average Bonchev–Trinajstić information content (AvgIpc) is 3.12. The van der Waals surface area contributed by atoms with Crippen LogP contribution >= 0.6 is 11.6 Å². The number of nitrogens with zero attached hydrogens (tertiary/aromatic N) is 2. The number of amides is 1. The summed E-state index contributed by atoms with van der Waals surface area (Å²) < 4.78 is 17.0. The maximum Gasteiger partial charge on any atom is 0.290 e. The van der Waals surface area contributed by atoms with Crippen molar-refractivity contribution in [3.63, 3.8) is 0 Å². The van der Waals surface area contributed by atoms with Gasteiger partial charge in [0.05, 0.1) is 37.3 Å². The number of ether oxygens (including phenoxy) is 2. The molecule has 1 atom stereocenters. The van der Waals surface area contributed by atoms with Crippen molar-refractivity contribution in [1.82, 2.24) is 9.80 Å². The van der Waals surface area contributed by atoms with Crippen molar-refractivity contribution in [2.75, 3.05) is 46.5 Å². The molecule has 0 aliphatic carbocycles. The fourth-order valence-electron chi connectivity index (χ4n) is 4.73. The van der Waals surface area contributed by atoms with E-state index in [1.165, 1.54) is 0 Å². The van der Waals surface area contributed by atoms with Crippen LogP contribution in [0.2, 0.25) is 5.02 Å².